The third-order valence-electron chi connectivity index (χ3n) is 5.23. The summed E-state index contributed by atoms with van der Waals surface area (Å²) in [6, 6.07) is 5.96. The van der Waals surface area contributed by atoms with Crippen molar-refractivity contribution in [1.82, 2.24) is 15.5 Å². The van der Waals surface area contributed by atoms with Gasteiger partial charge in [-0.3, -0.25) is 4.79 Å². The van der Waals surface area contributed by atoms with Crippen molar-refractivity contribution in [1.29, 1.82) is 0 Å². The molecule has 4 N–H and O–H groups in total. The molecule has 1 aliphatic heterocycles. The monoisotopic (exact) mass is 464 g/mol. The number of anilines is 1. The highest BCUT2D eigenvalue weighted by Gasteiger charge is 2.26. The number of hydrogen-bond donors (Lipinski definition) is 4. The third-order valence-corrected chi connectivity index (χ3v) is 5.23. The molecule has 0 radical (unpaired) electrons. The smallest absolute Gasteiger partial charge is 0.341 e. The lowest BCUT2D eigenvalue weighted by Gasteiger charge is -2.30. The number of carboxylic acid groups (broad SMARTS) is 1. The van der Waals surface area contributed by atoms with Gasteiger partial charge in [-0.1, -0.05) is 20.8 Å². The predicted octanol–water partition coefficient (Wildman–Crippen LogP) is 1.91. The lowest BCUT2D eigenvalue weighted by atomic mass is 10.0. The van der Waals surface area contributed by atoms with Gasteiger partial charge < -0.3 is 35.4 Å². The van der Waals surface area contributed by atoms with E-state index in [1.54, 1.807) is 29.2 Å². The van der Waals surface area contributed by atoms with Gasteiger partial charge in [0.1, 0.15) is 11.8 Å². The number of morpholine rings is 1. The van der Waals surface area contributed by atoms with E-state index in [1.807, 2.05) is 20.8 Å². The van der Waals surface area contributed by atoms with E-state index in [-0.39, 0.29) is 23.9 Å². The number of rotatable bonds is 12. The molecule has 1 aromatic rings. The van der Waals surface area contributed by atoms with Crippen molar-refractivity contribution in [3.05, 3.63) is 24.3 Å². The number of aliphatic carboxylic acids is 1. The van der Waals surface area contributed by atoms with Crippen LogP contribution in [0, 0.1) is 5.92 Å². The fourth-order valence-corrected chi connectivity index (χ4v) is 3.36. The van der Waals surface area contributed by atoms with Gasteiger partial charge in [0, 0.05) is 31.4 Å². The molecule has 0 bridgehead atoms. The lowest BCUT2D eigenvalue weighted by Crippen LogP contribution is -2.55. The molecule has 10 nitrogen and oxygen atoms in total. The number of nitrogens with zero attached hydrogens (tertiary/aromatic N) is 1. The first-order valence-corrected chi connectivity index (χ1v) is 11.4. The van der Waals surface area contributed by atoms with Crippen LogP contribution in [0.1, 0.15) is 33.6 Å². The molecule has 1 fully saturated rings. The summed E-state index contributed by atoms with van der Waals surface area (Å²) in [5, 5.41) is 17.9. The van der Waals surface area contributed by atoms with Crippen LogP contribution in [0.3, 0.4) is 0 Å². The van der Waals surface area contributed by atoms with Crippen LogP contribution in [0.25, 0.3) is 0 Å². The number of amides is 3. The van der Waals surface area contributed by atoms with Gasteiger partial charge in [0.2, 0.25) is 5.91 Å². The number of hydrogen-bond acceptors (Lipinski definition) is 6. The Kier molecular flexibility index (Phi) is 10.8. The lowest BCUT2D eigenvalue weighted by molar-refractivity contribution is -0.139. The SMILES string of the molecule is CC[C@@H](CNc1ccc(OCC(=O)O)cc1)NC(=O)[C@H](CC(C)C)NC(=O)N1CCOCC1. The number of carboxylic acids is 1. The fourth-order valence-electron chi connectivity index (χ4n) is 3.36. The molecule has 0 aliphatic carbocycles. The summed E-state index contributed by atoms with van der Waals surface area (Å²) in [6.07, 6.45) is 1.26. The van der Waals surface area contributed by atoms with Gasteiger partial charge in [-0.15, -0.1) is 0 Å². The van der Waals surface area contributed by atoms with Crippen molar-refractivity contribution in [3.8, 4) is 5.75 Å². The molecular weight excluding hydrogens is 428 g/mol. The van der Waals surface area contributed by atoms with Crippen LogP contribution in [0.5, 0.6) is 5.75 Å². The Morgan fingerprint density at radius 3 is 2.36 bits per heavy atom. The standard InChI is InChI=1S/C23H36N4O6/c1-4-17(14-24-18-5-7-19(8-6-18)33-15-21(28)29)25-22(30)20(13-16(2)3)26-23(31)27-9-11-32-12-10-27/h5-8,16-17,20,24H,4,9-15H2,1-3H3,(H,25,30)(H,26,31)(H,28,29)/t17-,20-/m0/s1. The molecule has 33 heavy (non-hydrogen) atoms. The molecule has 0 spiro atoms. The molecule has 0 saturated carbocycles. The number of carbonyl (C=O) groups is 3. The first kappa shape index (κ1) is 26.2. The summed E-state index contributed by atoms with van der Waals surface area (Å²) in [7, 11) is 0. The average Bonchev–Trinajstić information content (AvgIpc) is 2.80. The quantitative estimate of drug-likeness (QED) is 0.372. The van der Waals surface area contributed by atoms with E-state index in [2.05, 4.69) is 16.0 Å². The highest BCUT2D eigenvalue weighted by molar-refractivity contribution is 5.87. The first-order valence-electron chi connectivity index (χ1n) is 11.4. The Morgan fingerprint density at radius 1 is 1.12 bits per heavy atom. The number of benzene rings is 1. The molecule has 2 rings (SSSR count). The van der Waals surface area contributed by atoms with Gasteiger partial charge >= 0.3 is 12.0 Å². The van der Waals surface area contributed by atoms with E-state index in [1.165, 1.54) is 0 Å². The van der Waals surface area contributed by atoms with Crippen LogP contribution in [0.4, 0.5) is 10.5 Å². The summed E-state index contributed by atoms with van der Waals surface area (Å²) >= 11 is 0. The zero-order valence-corrected chi connectivity index (χ0v) is 19.6. The van der Waals surface area contributed by atoms with Crippen LogP contribution in [-0.4, -0.2) is 79.5 Å². The zero-order chi connectivity index (χ0) is 24.2. The molecule has 0 unspecified atom stereocenters. The molecule has 0 aromatic heterocycles. The molecule has 1 heterocycles. The van der Waals surface area contributed by atoms with E-state index in [9.17, 15) is 14.4 Å². The summed E-state index contributed by atoms with van der Waals surface area (Å²) in [5.74, 6) is -0.520. The largest absolute Gasteiger partial charge is 0.482 e. The molecule has 2 atom stereocenters. The molecule has 184 valence electrons. The molecule has 1 aliphatic rings. The van der Waals surface area contributed by atoms with Gasteiger partial charge in [-0.05, 0) is 43.0 Å². The minimum Gasteiger partial charge on any atom is -0.482 e. The Hall–Kier alpha value is -3.01. The second-order valence-electron chi connectivity index (χ2n) is 8.43. The number of ether oxygens (including phenoxy) is 2. The van der Waals surface area contributed by atoms with Crippen LogP contribution < -0.4 is 20.7 Å². The van der Waals surface area contributed by atoms with E-state index in [0.717, 1.165) is 5.69 Å². The average molecular weight is 465 g/mol. The van der Waals surface area contributed by atoms with E-state index >= 15 is 0 Å². The van der Waals surface area contributed by atoms with Crippen molar-refractivity contribution in [2.45, 2.75) is 45.7 Å². The van der Waals surface area contributed by atoms with Crippen molar-refractivity contribution in [3.63, 3.8) is 0 Å². The normalized spacial score (nSPS) is 15.5. The summed E-state index contributed by atoms with van der Waals surface area (Å²) in [6.45, 7) is 8.18. The fraction of sp³-hybridized carbons (Fsp3) is 0.609. The van der Waals surface area contributed by atoms with Crippen molar-refractivity contribution >= 4 is 23.6 Å². The zero-order valence-electron chi connectivity index (χ0n) is 19.6. The second kappa shape index (κ2) is 13.5. The minimum atomic E-state index is -1.03. The number of urea groups is 1. The summed E-state index contributed by atoms with van der Waals surface area (Å²) < 4.78 is 10.4. The van der Waals surface area contributed by atoms with Gasteiger partial charge in [-0.2, -0.15) is 0 Å². The topological polar surface area (TPSA) is 129 Å². The third kappa shape index (κ3) is 9.56. The van der Waals surface area contributed by atoms with Crippen molar-refractivity contribution < 1.29 is 29.0 Å². The van der Waals surface area contributed by atoms with E-state index in [0.29, 0.717) is 51.4 Å². The van der Waals surface area contributed by atoms with Crippen molar-refractivity contribution in [2.75, 3.05) is 44.8 Å². The molecule has 1 saturated heterocycles. The van der Waals surface area contributed by atoms with Crippen LogP contribution >= 0.6 is 0 Å². The highest BCUT2D eigenvalue weighted by atomic mass is 16.5. The molecule has 1 aromatic carbocycles. The maximum atomic E-state index is 13.0. The van der Waals surface area contributed by atoms with E-state index < -0.39 is 18.6 Å². The number of carbonyl (C=O) groups excluding carboxylic acids is 2. The van der Waals surface area contributed by atoms with Gasteiger partial charge in [0.15, 0.2) is 6.61 Å². The number of nitrogens with one attached hydrogen (secondary N) is 3. The minimum absolute atomic E-state index is 0.129. The Labute approximate surface area is 195 Å². The second-order valence-corrected chi connectivity index (χ2v) is 8.43. The highest BCUT2D eigenvalue weighted by Crippen LogP contribution is 2.16. The van der Waals surface area contributed by atoms with Crippen LogP contribution in [0.15, 0.2) is 24.3 Å². The maximum absolute atomic E-state index is 13.0. The Morgan fingerprint density at radius 2 is 1.79 bits per heavy atom. The first-order chi connectivity index (χ1) is 15.8. The predicted molar refractivity (Wildman–Crippen MR) is 124 cm³/mol. The summed E-state index contributed by atoms with van der Waals surface area (Å²) in [4.78, 5) is 37.8. The summed E-state index contributed by atoms with van der Waals surface area (Å²) in [5.41, 5.74) is 0.824. The molecule has 10 heteroatoms. The van der Waals surface area contributed by atoms with Gasteiger partial charge in [0.05, 0.1) is 13.2 Å². The maximum Gasteiger partial charge on any atom is 0.341 e. The Balaban J connectivity index is 1.88. The molecule has 3 amide bonds. The van der Waals surface area contributed by atoms with Crippen molar-refractivity contribution in [2.24, 2.45) is 5.92 Å². The Bertz CT molecular complexity index is 765. The van der Waals surface area contributed by atoms with Crippen LogP contribution in [-0.2, 0) is 14.3 Å². The van der Waals surface area contributed by atoms with Gasteiger partial charge in [0.25, 0.3) is 0 Å². The van der Waals surface area contributed by atoms with Gasteiger partial charge in [-0.25, -0.2) is 9.59 Å². The molecular formula is C23H36N4O6. The van der Waals surface area contributed by atoms with Crippen LogP contribution in [0.2, 0.25) is 0 Å². The van der Waals surface area contributed by atoms with E-state index in [4.69, 9.17) is 14.6 Å².